The van der Waals surface area contributed by atoms with E-state index in [1.807, 2.05) is 0 Å². The quantitative estimate of drug-likeness (QED) is 0.522. The van der Waals surface area contributed by atoms with Crippen LogP contribution in [-0.2, 0) is 4.79 Å². The van der Waals surface area contributed by atoms with Crippen molar-refractivity contribution in [2.45, 2.75) is 19.9 Å². The summed E-state index contributed by atoms with van der Waals surface area (Å²) in [5.74, 6) is -1.74. The third kappa shape index (κ3) is 5.79. The number of phenolic OH excluding ortho intramolecular Hbond substituents is 1. The highest BCUT2D eigenvalue weighted by molar-refractivity contribution is 6.30. The summed E-state index contributed by atoms with van der Waals surface area (Å²) in [4.78, 5) is 24.6. The molecule has 0 fully saturated rings. The van der Waals surface area contributed by atoms with E-state index in [0.29, 0.717) is 10.6 Å². The topological polar surface area (TPSA) is 90.8 Å². The van der Waals surface area contributed by atoms with Crippen LogP contribution in [0, 0.1) is 11.7 Å². The van der Waals surface area contributed by atoms with Crippen LogP contribution in [0.1, 0.15) is 29.8 Å². The molecule has 0 bridgehead atoms. The molecule has 8 heteroatoms. The highest BCUT2D eigenvalue weighted by Crippen LogP contribution is 2.19. The lowest BCUT2D eigenvalue weighted by atomic mass is 10.0. The van der Waals surface area contributed by atoms with Crippen LogP contribution in [0.2, 0.25) is 5.02 Å². The van der Waals surface area contributed by atoms with Gasteiger partial charge in [0.2, 0.25) is 0 Å². The molecule has 1 atom stereocenters. The van der Waals surface area contributed by atoms with E-state index in [1.165, 1.54) is 48.7 Å². The molecule has 2 aromatic rings. The Morgan fingerprint density at radius 2 is 1.85 bits per heavy atom. The fourth-order valence-electron chi connectivity index (χ4n) is 2.22. The molecule has 2 rings (SSSR count). The van der Waals surface area contributed by atoms with Gasteiger partial charge in [-0.05, 0) is 48.4 Å². The number of hydrazone groups is 1. The maximum atomic E-state index is 13.0. The number of halogens is 2. The lowest BCUT2D eigenvalue weighted by Gasteiger charge is -2.20. The lowest BCUT2D eigenvalue weighted by molar-refractivity contribution is -0.123. The normalized spacial score (nSPS) is 12.2. The smallest absolute Gasteiger partial charge is 0.262 e. The molecule has 0 aliphatic rings. The van der Waals surface area contributed by atoms with Crippen LogP contribution in [0.5, 0.6) is 5.75 Å². The number of hydrogen-bond acceptors (Lipinski definition) is 4. The molecule has 0 heterocycles. The van der Waals surface area contributed by atoms with Crippen molar-refractivity contribution >= 4 is 29.6 Å². The summed E-state index contributed by atoms with van der Waals surface area (Å²) in [7, 11) is 0. The summed E-state index contributed by atoms with van der Waals surface area (Å²) in [6.07, 6.45) is 1.25. The third-order valence-electron chi connectivity index (χ3n) is 3.71. The highest BCUT2D eigenvalue weighted by Gasteiger charge is 2.24. The molecule has 0 aliphatic heterocycles. The van der Waals surface area contributed by atoms with E-state index in [0.717, 1.165) is 0 Å². The first-order valence-corrected chi connectivity index (χ1v) is 8.53. The monoisotopic (exact) mass is 391 g/mol. The summed E-state index contributed by atoms with van der Waals surface area (Å²) < 4.78 is 13.0. The first-order valence-electron chi connectivity index (χ1n) is 8.16. The van der Waals surface area contributed by atoms with Gasteiger partial charge in [0.25, 0.3) is 11.8 Å². The summed E-state index contributed by atoms with van der Waals surface area (Å²) in [5, 5.41) is 16.5. The highest BCUT2D eigenvalue weighted by atomic mass is 35.5. The second-order valence-electron chi connectivity index (χ2n) is 6.14. The van der Waals surface area contributed by atoms with Crippen molar-refractivity contribution in [3.8, 4) is 5.75 Å². The standard InChI is InChI=1S/C19H19ClFN3O3/c1-11(2)17(23-18(26)12-3-6-15(21)7-4-12)19(27)24-22-10-13-9-14(20)5-8-16(13)25/h3-11,17,25H,1-2H3,(H,23,26)(H,24,27). The van der Waals surface area contributed by atoms with Crippen LogP contribution in [-0.4, -0.2) is 29.2 Å². The van der Waals surface area contributed by atoms with Crippen LogP contribution >= 0.6 is 11.6 Å². The van der Waals surface area contributed by atoms with Gasteiger partial charge in [0.15, 0.2) is 0 Å². The van der Waals surface area contributed by atoms with Crippen LogP contribution in [0.25, 0.3) is 0 Å². The molecule has 0 radical (unpaired) electrons. The predicted molar refractivity (Wildman–Crippen MR) is 101 cm³/mol. The Bertz CT molecular complexity index is 854. The minimum atomic E-state index is -0.854. The molecule has 0 aromatic heterocycles. The van der Waals surface area contributed by atoms with Crippen molar-refractivity contribution in [1.82, 2.24) is 10.7 Å². The van der Waals surface area contributed by atoms with Crippen molar-refractivity contribution in [3.05, 3.63) is 64.4 Å². The van der Waals surface area contributed by atoms with E-state index < -0.39 is 23.7 Å². The number of nitrogens with one attached hydrogen (secondary N) is 2. The number of aromatic hydroxyl groups is 1. The number of carbonyl (C=O) groups excluding carboxylic acids is 2. The Hall–Kier alpha value is -2.93. The fourth-order valence-corrected chi connectivity index (χ4v) is 2.41. The summed E-state index contributed by atoms with van der Waals surface area (Å²) >= 11 is 5.84. The number of carbonyl (C=O) groups is 2. The van der Waals surface area contributed by atoms with Gasteiger partial charge in [-0.3, -0.25) is 9.59 Å². The van der Waals surface area contributed by atoms with E-state index in [4.69, 9.17) is 11.6 Å². The number of hydrogen-bond donors (Lipinski definition) is 3. The number of phenols is 1. The number of rotatable bonds is 6. The van der Waals surface area contributed by atoms with Crippen molar-refractivity contribution in [2.75, 3.05) is 0 Å². The minimum absolute atomic E-state index is 0.0394. The Kier molecular flexibility index (Phi) is 6.90. The maximum absolute atomic E-state index is 13.0. The van der Waals surface area contributed by atoms with Gasteiger partial charge >= 0.3 is 0 Å². The SMILES string of the molecule is CC(C)C(NC(=O)c1ccc(F)cc1)C(=O)NN=Cc1cc(Cl)ccc1O. The van der Waals surface area contributed by atoms with Crippen LogP contribution in [0.4, 0.5) is 4.39 Å². The molecule has 27 heavy (non-hydrogen) atoms. The molecule has 142 valence electrons. The Morgan fingerprint density at radius 3 is 2.48 bits per heavy atom. The van der Waals surface area contributed by atoms with Gasteiger partial charge in [-0.2, -0.15) is 5.10 Å². The van der Waals surface area contributed by atoms with Gasteiger partial charge in [0.05, 0.1) is 6.21 Å². The summed E-state index contributed by atoms with van der Waals surface area (Å²) in [6.45, 7) is 3.53. The molecule has 0 saturated heterocycles. The molecular weight excluding hydrogens is 373 g/mol. The van der Waals surface area contributed by atoms with E-state index in [2.05, 4.69) is 15.8 Å². The zero-order valence-electron chi connectivity index (χ0n) is 14.7. The molecule has 2 aromatic carbocycles. The number of nitrogens with zero attached hydrogens (tertiary/aromatic N) is 1. The zero-order valence-corrected chi connectivity index (χ0v) is 15.5. The first kappa shape index (κ1) is 20.4. The summed E-state index contributed by atoms with van der Waals surface area (Å²) in [5.41, 5.74) is 2.90. The first-order chi connectivity index (χ1) is 12.8. The van der Waals surface area contributed by atoms with Gasteiger partial charge in [-0.15, -0.1) is 0 Å². The van der Waals surface area contributed by atoms with Gasteiger partial charge in [-0.25, -0.2) is 9.82 Å². The summed E-state index contributed by atoms with van der Waals surface area (Å²) in [6, 6.07) is 8.57. The van der Waals surface area contributed by atoms with Crippen LogP contribution < -0.4 is 10.7 Å². The molecule has 2 amide bonds. The lowest BCUT2D eigenvalue weighted by Crippen LogP contribution is -2.48. The second kappa shape index (κ2) is 9.14. The average Bonchev–Trinajstić information content (AvgIpc) is 2.62. The Labute approximate surface area is 161 Å². The minimum Gasteiger partial charge on any atom is -0.507 e. The molecule has 3 N–H and O–H groups in total. The van der Waals surface area contributed by atoms with E-state index >= 15 is 0 Å². The van der Waals surface area contributed by atoms with Gasteiger partial charge in [0, 0.05) is 16.1 Å². The average molecular weight is 392 g/mol. The van der Waals surface area contributed by atoms with Gasteiger partial charge in [-0.1, -0.05) is 25.4 Å². The Morgan fingerprint density at radius 1 is 1.19 bits per heavy atom. The maximum Gasteiger partial charge on any atom is 0.262 e. The molecule has 0 saturated carbocycles. The van der Waals surface area contributed by atoms with Crippen molar-refractivity contribution < 1.29 is 19.1 Å². The predicted octanol–water partition coefficient (Wildman–Crippen LogP) is 3.09. The molecule has 0 aliphatic carbocycles. The Balaban J connectivity index is 2.04. The van der Waals surface area contributed by atoms with E-state index in [1.54, 1.807) is 13.8 Å². The molecule has 1 unspecified atom stereocenters. The fraction of sp³-hybridized carbons (Fsp3) is 0.211. The van der Waals surface area contributed by atoms with Gasteiger partial charge < -0.3 is 10.4 Å². The number of benzene rings is 2. The molecule has 6 nitrogen and oxygen atoms in total. The van der Waals surface area contributed by atoms with Crippen molar-refractivity contribution in [2.24, 2.45) is 11.0 Å². The van der Waals surface area contributed by atoms with Crippen molar-refractivity contribution in [3.63, 3.8) is 0 Å². The zero-order chi connectivity index (χ0) is 20.0. The van der Waals surface area contributed by atoms with E-state index in [-0.39, 0.29) is 17.2 Å². The third-order valence-corrected chi connectivity index (χ3v) is 3.95. The largest absolute Gasteiger partial charge is 0.507 e. The van der Waals surface area contributed by atoms with E-state index in [9.17, 15) is 19.1 Å². The second-order valence-corrected chi connectivity index (χ2v) is 6.58. The van der Waals surface area contributed by atoms with Crippen LogP contribution in [0.3, 0.4) is 0 Å². The van der Waals surface area contributed by atoms with Crippen LogP contribution in [0.15, 0.2) is 47.6 Å². The number of amides is 2. The van der Waals surface area contributed by atoms with Gasteiger partial charge in [0.1, 0.15) is 17.6 Å². The molecule has 0 spiro atoms. The molecular formula is C19H19ClFN3O3. The van der Waals surface area contributed by atoms with Crippen molar-refractivity contribution in [1.29, 1.82) is 0 Å².